The van der Waals surface area contributed by atoms with Crippen LogP contribution < -0.4 is 10.6 Å². The Kier molecular flexibility index (Phi) is 5.62. The zero-order chi connectivity index (χ0) is 19.5. The lowest BCUT2D eigenvalue weighted by Crippen LogP contribution is -2.42. The van der Waals surface area contributed by atoms with Crippen molar-refractivity contribution < 1.29 is 14.3 Å². The van der Waals surface area contributed by atoms with Crippen molar-refractivity contribution >= 4 is 28.7 Å². The third-order valence-electron chi connectivity index (χ3n) is 6.03. The number of nitrogens with one attached hydrogen (secondary N) is 3. The van der Waals surface area contributed by atoms with Gasteiger partial charge in [0, 0.05) is 0 Å². The summed E-state index contributed by atoms with van der Waals surface area (Å²) in [5.74, 6) is 1.14. The number of pyridine rings is 1. The average Bonchev–Trinajstić information content (AvgIpc) is 3.36. The highest BCUT2D eigenvalue weighted by Crippen LogP contribution is 2.36. The van der Waals surface area contributed by atoms with Crippen LogP contribution in [0.4, 0.5) is 5.82 Å². The van der Waals surface area contributed by atoms with Crippen LogP contribution >= 0.6 is 0 Å². The number of hydrogen-bond acceptors (Lipinski definition) is 5. The molecule has 1 amide bonds. The van der Waals surface area contributed by atoms with Gasteiger partial charge in [0.25, 0.3) is 0 Å². The molecule has 7 nitrogen and oxygen atoms in total. The number of esters is 1. The van der Waals surface area contributed by atoms with Gasteiger partial charge >= 0.3 is 5.97 Å². The van der Waals surface area contributed by atoms with E-state index >= 15 is 0 Å². The number of amides is 1. The number of H-pyrrole nitrogens is 1. The third kappa shape index (κ3) is 3.90. The first-order chi connectivity index (χ1) is 13.7. The molecule has 2 aromatic heterocycles. The van der Waals surface area contributed by atoms with Crippen molar-refractivity contribution in [3.8, 4) is 0 Å². The van der Waals surface area contributed by atoms with Crippen LogP contribution in [0.15, 0.2) is 18.2 Å². The van der Waals surface area contributed by atoms with Crippen molar-refractivity contribution in [3.63, 3.8) is 0 Å². The normalized spacial score (nSPS) is 23.0. The van der Waals surface area contributed by atoms with Gasteiger partial charge in [-0.05, 0) is 49.9 Å². The topological polar surface area (TPSA) is 96.1 Å². The minimum absolute atomic E-state index is 0.0129. The second-order valence-electron chi connectivity index (χ2n) is 7.80. The summed E-state index contributed by atoms with van der Waals surface area (Å²) in [6.07, 6.45) is 7.42. The number of carbonyl (C=O) groups excluding carboxylic acids is 2. The van der Waals surface area contributed by atoms with Gasteiger partial charge in [0.1, 0.15) is 11.5 Å². The zero-order valence-electron chi connectivity index (χ0n) is 16.3. The fourth-order valence-corrected chi connectivity index (χ4v) is 4.68. The van der Waals surface area contributed by atoms with E-state index in [0.717, 1.165) is 18.5 Å². The van der Waals surface area contributed by atoms with Gasteiger partial charge in [-0.3, -0.25) is 4.79 Å². The molecule has 3 N–H and O–H groups in total. The second-order valence-corrected chi connectivity index (χ2v) is 7.80. The van der Waals surface area contributed by atoms with E-state index in [1.165, 1.54) is 32.1 Å². The number of anilines is 1. The molecule has 2 aliphatic rings. The Morgan fingerprint density at radius 3 is 2.82 bits per heavy atom. The fourth-order valence-electron chi connectivity index (χ4n) is 4.68. The Labute approximate surface area is 164 Å². The quantitative estimate of drug-likeness (QED) is 0.688. The molecule has 0 unspecified atom stereocenters. The number of ether oxygens (including phenoxy) is 1. The van der Waals surface area contributed by atoms with Crippen LogP contribution in [0.2, 0.25) is 0 Å². The molecular formula is C21H28N4O3. The molecule has 3 heterocycles. The lowest BCUT2D eigenvalue weighted by Gasteiger charge is -2.30. The van der Waals surface area contributed by atoms with Crippen molar-refractivity contribution in [2.75, 3.05) is 18.5 Å². The van der Waals surface area contributed by atoms with Crippen LogP contribution in [0.3, 0.4) is 0 Å². The predicted molar refractivity (Wildman–Crippen MR) is 107 cm³/mol. The lowest BCUT2D eigenvalue weighted by atomic mass is 9.76. The van der Waals surface area contributed by atoms with Crippen LogP contribution in [0, 0.1) is 11.8 Å². The molecule has 0 bridgehead atoms. The third-order valence-corrected chi connectivity index (χ3v) is 6.03. The zero-order valence-corrected chi connectivity index (χ0v) is 16.3. The monoisotopic (exact) mass is 384 g/mol. The summed E-state index contributed by atoms with van der Waals surface area (Å²) < 4.78 is 5.01. The van der Waals surface area contributed by atoms with E-state index in [2.05, 4.69) is 20.6 Å². The van der Waals surface area contributed by atoms with Gasteiger partial charge in [-0.15, -0.1) is 0 Å². The number of hydrogen-bond donors (Lipinski definition) is 3. The van der Waals surface area contributed by atoms with Gasteiger partial charge in [-0.2, -0.15) is 0 Å². The summed E-state index contributed by atoms with van der Waals surface area (Å²) in [6, 6.07) is 5.08. The lowest BCUT2D eigenvalue weighted by molar-refractivity contribution is -0.119. The van der Waals surface area contributed by atoms with Crippen molar-refractivity contribution in [2.24, 2.45) is 11.8 Å². The van der Waals surface area contributed by atoms with E-state index in [1.807, 2.05) is 6.07 Å². The summed E-state index contributed by atoms with van der Waals surface area (Å²) in [5, 5.41) is 6.35. The van der Waals surface area contributed by atoms with Gasteiger partial charge in [-0.25, -0.2) is 9.78 Å². The van der Waals surface area contributed by atoms with Crippen LogP contribution in [0.25, 0.3) is 11.0 Å². The van der Waals surface area contributed by atoms with Crippen molar-refractivity contribution in [2.45, 2.75) is 51.5 Å². The van der Waals surface area contributed by atoms with Gasteiger partial charge < -0.3 is 20.4 Å². The molecule has 1 saturated heterocycles. The molecule has 1 aliphatic carbocycles. The summed E-state index contributed by atoms with van der Waals surface area (Å²) in [6.45, 7) is 2.98. The molecule has 0 radical (unpaired) electrons. The molecular weight excluding hydrogens is 356 g/mol. The maximum absolute atomic E-state index is 12.9. The minimum atomic E-state index is -0.406. The Balaban J connectivity index is 1.46. The van der Waals surface area contributed by atoms with E-state index in [9.17, 15) is 9.59 Å². The maximum atomic E-state index is 12.9. The SMILES string of the molecule is CCOC(=O)c1cc2nc(NC(=O)[C@@H]3NCC[C@H]3C3CCCCC3)ccc2[nH]1. The summed E-state index contributed by atoms with van der Waals surface area (Å²) >= 11 is 0. The first-order valence-corrected chi connectivity index (χ1v) is 10.4. The van der Waals surface area contributed by atoms with Crippen LogP contribution in [0.1, 0.15) is 55.9 Å². The molecule has 1 saturated carbocycles. The van der Waals surface area contributed by atoms with Crippen LogP contribution in [-0.2, 0) is 9.53 Å². The number of carbonyl (C=O) groups is 2. The van der Waals surface area contributed by atoms with Crippen molar-refractivity contribution in [3.05, 3.63) is 23.9 Å². The van der Waals surface area contributed by atoms with E-state index < -0.39 is 5.97 Å². The first kappa shape index (κ1) is 18.9. The molecule has 2 fully saturated rings. The minimum Gasteiger partial charge on any atom is -0.461 e. The van der Waals surface area contributed by atoms with Gasteiger partial charge in [-0.1, -0.05) is 32.1 Å². The molecule has 1 aliphatic heterocycles. The van der Waals surface area contributed by atoms with Crippen LogP contribution in [-0.4, -0.2) is 41.0 Å². The Bertz CT molecular complexity index is 856. The molecule has 150 valence electrons. The summed E-state index contributed by atoms with van der Waals surface area (Å²) in [5.41, 5.74) is 1.73. The Hall–Kier alpha value is -2.41. The largest absolute Gasteiger partial charge is 0.461 e. The molecule has 2 atom stereocenters. The molecule has 0 aromatic carbocycles. The van der Waals surface area contributed by atoms with E-state index in [-0.39, 0.29) is 11.9 Å². The number of aromatic amines is 1. The predicted octanol–water partition coefficient (Wildman–Crippen LogP) is 3.24. The Morgan fingerprint density at radius 1 is 1.21 bits per heavy atom. The van der Waals surface area contributed by atoms with Gasteiger partial charge in [0.2, 0.25) is 5.91 Å². The van der Waals surface area contributed by atoms with Gasteiger partial charge in [0.05, 0.1) is 23.7 Å². The number of aromatic nitrogens is 2. The van der Waals surface area contributed by atoms with Crippen molar-refractivity contribution in [1.82, 2.24) is 15.3 Å². The smallest absolute Gasteiger partial charge is 0.354 e. The van der Waals surface area contributed by atoms with E-state index in [0.29, 0.717) is 35.5 Å². The highest BCUT2D eigenvalue weighted by Gasteiger charge is 2.38. The number of rotatable bonds is 5. The molecule has 0 spiro atoms. The van der Waals surface area contributed by atoms with Gasteiger partial charge in [0.15, 0.2) is 0 Å². The second kappa shape index (κ2) is 8.31. The van der Waals surface area contributed by atoms with Crippen molar-refractivity contribution in [1.29, 1.82) is 0 Å². The van der Waals surface area contributed by atoms with E-state index in [1.54, 1.807) is 19.1 Å². The molecule has 7 heteroatoms. The highest BCUT2D eigenvalue weighted by atomic mass is 16.5. The molecule has 4 rings (SSSR count). The summed E-state index contributed by atoms with van der Waals surface area (Å²) in [4.78, 5) is 32.3. The Morgan fingerprint density at radius 2 is 2.04 bits per heavy atom. The first-order valence-electron chi connectivity index (χ1n) is 10.4. The number of fused-ring (bicyclic) bond motifs is 1. The maximum Gasteiger partial charge on any atom is 0.354 e. The average molecular weight is 384 g/mol. The van der Waals surface area contributed by atoms with E-state index in [4.69, 9.17) is 4.74 Å². The van der Waals surface area contributed by atoms with Crippen LogP contribution in [0.5, 0.6) is 0 Å². The standard InChI is InChI=1S/C21H28N4O3/c1-2-28-21(27)17-12-16-15(23-17)8-9-18(24-16)25-20(26)19-14(10-11-22-19)13-6-4-3-5-7-13/h8-9,12-14,19,22-23H,2-7,10-11H2,1H3,(H,24,25,26)/t14-,19+/m0/s1. The fraction of sp³-hybridized carbons (Fsp3) is 0.571. The summed E-state index contributed by atoms with van der Waals surface area (Å²) in [7, 11) is 0. The highest BCUT2D eigenvalue weighted by molar-refractivity contribution is 5.97. The molecule has 2 aromatic rings. The number of nitrogens with zero attached hydrogens (tertiary/aromatic N) is 1. The molecule has 28 heavy (non-hydrogen) atoms.